The Bertz CT molecular complexity index is 381. The second-order valence-electron chi connectivity index (χ2n) is 4.65. The normalized spacial score (nSPS) is 16.6. The van der Waals surface area contributed by atoms with E-state index in [0.717, 1.165) is 51.5 Å². The van der Waals surface area contributed by atoms with Gasteiger partial charge in [0.05, 0.1) is 13.2 Å². The van der Waals surface area contributed by atoms with Crippen LogP contribution in [0.5, 0.6) is 5.75 Å². The Morgan fingerprint density at radius 2 is 1.90 bits per heavy atom. The Morgan fingerprint density at radius 1 is 1.20 bits per heavy atom. The summed E-state index contributed by atoms with van der Waals surface area (Å²) < 4.78 is 33.6. The molecule has 1 saturated heterocycles. The maximum atomic E-state index is 12.0. The number of nitrogens with one attached hydrogen (secondary N) is 1. The molecule has 1 aromatic rings. The summed E-state index contributed by atoms with van der Waals surface area (Å²) in [5.74, 6) is 0.192. The molecule has 1 N–H and O–H groups in total. The van der Waals surface area contributed by atoms with E-state index in [4.69, 9.17) is 4.74 Å². The van der Waals surface area contributed by atoms with Crippen LogP contribution in [0.3, 0.4) is 0 Å². The lowest BCUT2D eigenvalue weighted by Gasteiger charge is -2.26. The maximum Gasteiger partial charge on any atom is 0.387 e. The summed E-state index contributed by atoms with van der Waals surface area (Å²) in [7, 11) is 0. The van der Waals surface area contributed by atoms with E-state index in [0.29, 0.717) is 0 Å². The summed E-state index contributed by atoms with van der Waals surface area (Å²) in [6, 6.07) is 6.70. The molecule has 0 aromatic heterocycles. The molecule has 0 bridgehead atoms. The van der Waals surface area contributed by atoms with Crippen LogP contribution < -0.4 is 10.1 Å². The van der Waals surface area contributed by atoms with Crippen molar-refractivity contribution in [2.75, 3.05) is 39.4 Å². The van der Waals surface area contributed by atoms with Crippen molar-refractivity contribution < 1.29 is 18.3 Å². The fourth-order valence-corrected chi connectivity index (χ4v) is 2.08. The third-order valence-electron chi connectivity index (χ3n) is 3.19. The molecule has 0 aliphatic carbocycles. The number of rotatable bonds is 7. The summed E-state index contributed by atoms with van der Waals surface area (Å²) in [5, 5.41) is 3.34. The van der Waals surface area contributed by atoms with Crippen molar-refractivity contribution in [1.82, 2.24) is 10.2 Å². The summed E-state index contributed by atoms with van der Waals surface area (Å²) in [6.45, 7) is 3.44. The zero-order valence-corrected chi connectivity index (χ0v) is 11.4. The number of benzene rings is 1. The molecule has 0 radical (unpaired) electrons. The molecule has 1 heterocycles. The Kier molecular flexibility index (Phi) is 6.17. The standard InChI is InChI=1S/C14H20F2N2O2/c15-14(16)20-13-3-1-12(2-4-13)11-17-5-6-18-7-9-19-10-8-18/h1-4,14,17H,5-11H2. The molecular formula is C14H20F2N2O2. The highest BCUT2D eigenvalue weighted by molar-refractivity contribution is 5.27. The molecule has 4 nitrogen and oxygen atoms in total. The van der Waals surface area contributed by atoms with E-state index in [2.05, 4.69) is 15.0 Å². The van der Waals surface area contributed by atoms with Crippen LogP contribution >= 0.6 is 0 Å². The quantitative estimate of drug-likeness (QED) is 0.774. The van der Waals surface area contributed by atoms with Crippen molar-refractivity contribution in [2.24, 2.45) is 0 Å². The Hall–Kier alpha value is -1.24. The van der Waals surface area contributed by atoms with Gasteiger partial charge in [-0.2, -0.15) is 8.78 Å². The minimum atomic E-state index is -2.77. The van der Waals surface area contributed by atoms with Gasteiger partial charge >= 0.3 is 6.61 Å². The molecule has 1 aliphatic heterocycles. The zero-order valence-electron chi connectivity index (χ0n) is 11.4. The van der Waals surface area contributed by atoms with Gasteiger partial charge in [-0.05, 0) is 17.7 Å². The average molecular weight is 286 g/mol. The molecule has 0 atom stereocenters. The predicted molar refractivity (Wildman–Crippen MR) is 72.0 cm³/mol. The van der Waals surface area contributed by atoms with E-state index >= 15 is 0 Å². The molecule has 112 valence electrons. The highest BCUT2D eigenvalue weighted by Gasteiger charge is 2.09. The first-order chi connectivity index (χ1) is 9.74. The highest BCUT2D eigenvalue weighted by Crippen LogP contribution is 2.14. The monoisotopic (exact) mass is 286 g/mol. The topological polar surface area (TPSA) is 33.7 Å². The van der Waals surface area contributed by atoms with Gasteiger partial charge in [-0.25, -0.2) is 0 Å². The number of ether oxygens (including phenoxy) is 2. The lowest BCUT2D eigenvalue weighted by atomic mass is 10.2. The Morgan fingerprint density at radius 3 is 2.55 bits per heavy atom. The Balaban J connectivity index is 1.63. The molecule has 2 rings (SSSR count). The van der Waals surface area contributed by atoms with E-state index in [1.54, 1.807) is 24.3 Å². The van der Waals surface area contributed by atoms with Crippen LogP contribution in [0.2, 0.25) is 0 Å². The van der Waals surface area contributed by atoms with Crippen LogP contribution in [0.25, 0.3) is 0 Å². The first-order valence-corrected chi connectivity index (χ1v) is 6.78. The van der Waals surface area contributed by atoms with Gasteiger partial charge in [0.15, 0.2) is 0 Å². The molecule has 1 aromatic carbocycles. The lowest BCUT2D eigenvalue weighted by Crippen LogP contribution is -2.40. The van der Waals surface area contributed by atoms with Gasteiger partial charge in [0.1, 0.15) is 5.75 Å². The summed E-state index contributed by atoms with van der Waals surface area (Å²) in [6.07, 6.45) is 0. The summed E-state index contributed by atoms with van der Waals surface area (Å²) >= 11 is 0. The van der Waals surface area contributed by atoms with Gasteiger partial charge in [-0.1, -0.05) is 12.1 Å². The van der Waals surface area contributed by atoms with Crippen molar-refractivity contribution in [3.05, 3.63) is 29.8 Å². The maximum absolute atomic E-state index is 12.0. The summed E-state index contributed by atoms with van der Waals surface area (Å²) in [5.41, 5.74) is 1.05. The molecule has 0 amide bonds. The van der Waals surface area contributed by atoms with Gasteiger partial charge in [0.2, 0.25) is 0 Å². The minimum Gasteiger partial charge on any atom is -0.435 e. The van der Waals surface area contributed by atoms with Crippen LogP contribution in [-0.2, 0) is 11.3 Å². The van der Waals surface area contributed by atoms with Crippen molar-refractivity contribution >= 4 is 0 Å². The van der Waals surface area contributed by atoms with Crippen molar-refractivity contribution in [2.45, 2.75) is 13.2 Å². The van der Waals surface area contributed by atoms with Crippen LogP contribution in [0.15, 0.2) is 24.3 Å². The van der Waals surface area contributed by atoms with Crippen molar-refractivity contribution in [1.29, 1.82) is 0 Å². The fourth-order valence-electron chi connectivity index (χ4n) is 2.08. The van der Waals surface area contributed by atoms with E-state index in [-0.39, 0.29) is 5.75 Å². The van der Waals surface area contributed by atoms with Crippen LogP contribution in [0, 0.1) is 0 Å². The highest BCUT2D eigenvalue weighted by atomic mass is 19.3. The second kappa shape index (κ2) is 8.14. The molecule has 6 heteroatoms. The van der Waals surface area contributed by atoms with Crippen molar-refractivity contribution in [3.8, 4) is 5.75 Å². The van der Waals surface area contributed by atoms with Crippen molar-refractivity contribution in [3.63, 3.8) is 0 Å². The van der Waals surface area contributed by atoms with E-state index in [9.17, 15) is 8.78 Å². The number of hydrogen-bond acceptors (Lipinski definition) is 4. The smallest absolute Gasteiger partial charge is 0.387 e. The molecule has 0 unspecified atom stereocenters. The molecule has 0 saturated carbocycles. The van der Waals surface area contributed by atoms with Gasteiger partial charge in [0.25, 0.3) is 0 Å². The van der Waals surface area contributed by atoms with Crippen LogP contribution in [0.4, 0.5) is 8.78 Å². The molecule has 20 heavy (non-hydrogen) atoms. The first kappa shape index (κ1) is 15.2. The van der Waals surface area contributed by atoms with Gasteiger partial charge in [0, 0.05) is 32.7 Å². The fraction of sp³-hybridized carbons (Fsp3) is 0.571. The molecular weight excluding hydrogens is 266 g/mol. The number of morpholine rings is 1. The number of hydrogen-bond donors (Lipinski definition) is 1. The Labute approximate surface area is 117 Å². The number of alkyl halides is 2. The van der Waals surface area contributed by atoms with E-state index < -0.39 is 6.61 Å². The number of nitrogens with zero attached hydrogens (tertiary/aromatic N) is 1. The first-order valence-electron chi connectivity index (χ1n) is 6.78. The van der Waals surface area contributed by atoms with E-state index in [1.165, 1.54) is 0 Å². The van der Waals surface area contributed by atoms with Crippen LogP contribution in [-0.4, -0.2) is 50.9 Å². The predicted octanol–water partition coefficient (Wildman–Crippen LogP) is 1.71. The zero-order chi connectivity index (χ0) is 14.2. The van der Waals surface area contributed by atoms with Crippen LogP contribution in [0.1, 0.15) is 5.56 Å². The van der Waals surface area contributed by atoms with Gasteiger partial charge < -0.3 is 14.8 Å². The molecule has 1 fully saturated rings. The summed E-state index contributed by atoms with van der Waals surface area (Å²) in [4.78, 5) is 2.36. The van der Waals surface area contributed by atoms with Gasteiger partial charge in [-0.15, -0.1) is 0 Å². The third kappa shape index (κ3) is 5.40. The van der Waals surface area contributed by atoms with Gasteiger partial charge in [-0.3, -0.25) is 4.90 Å². The molecule has 0 spiro atoms. The average Bonchev–Trinajstić information content (AvgIpc) is 2.46. The lowest BCUT2D eigenvalue weighted by molar-refractivity contribution is -0.0498. The molecule has 1 aliphatic rings. The largest absolute Gasteiger partial charge is 0.435 e. The SMILES string of the molecule is FC(F)Oc1ccc(CNCCN2CCOCC2)cc1. The number of halogens is 2. The minimum absolute atomic E-state index is 0.192. The second-order valence-corrected chi connectivity index (χ2v) is 4.65. The van der Waals surface area contributed by atoms with E-state index in [1.807, 2.05) is 0 Å². The third-order valence-corrected chi connectivity index (χ3v) is 3.19.